The van der Waals surface area contributed by atoms with Crippen molar-refractivity contribution in [1.82, 2.24) is 4.90 Å². The lowest BCUT2D eigenvalue weighted by molar-refractivity contribution is -0.376. The van der Waals surface area contributed by atoms with E-state index in [2.05, 4.69) is 10.3 Å². The molecule has 164 valence electrons. The Labute approximate surface area is 192 Å². The second-order valence-corrected chi connectivity index (χ2v) is 8.87. The molecule has 0 saturated carbocycles. The quantitative estimate of drug-likeness (QED) is 0.463. The average molecular weight is 463 g/mol. The van der Waals surface area contributed by atoms with Crippen LogP contribution in [0.2, 0.25) is 0 Å². The van der Waals surface area contributed by atoms with Gasteiger partial charge in [0.2, 0.25) is 0 Å². The van der Waals surface area contributed by atoms with Crippen LogP contribution in [0.4, 0.5) is 14.5 Å². The molecule has 5 nitrogen and oxygen atoms in total. The van der Waals surface area contributed by atoms with E-state index in [1.165, 1.54) is 0 Å². The molecule has 0 atom stereocenters. The van der Waals surface area contributed by atoms with Gasteiger partial charge < -0.3 is 10.2 Å². The van der Waals surface area contributed by atoms with Gasteiger partial charge in [-0.1, -0.05) is 6.07 Å². The summed E-state index contributed by atoms with van der Waals surface area (Å²) in [6, 6.07) is 14.5. The van der Waals surface area contributed by atoms with Gasteiger partial charge in [0.25, 0.3) is 11.8 Å². The zero-order chi connectivity index (χ0) is 23.1. The Hall–Kier alpha value is -3.91. The number of hydrogen-bond donors (Lipinski definition) is 1. The van der Waals surface area contributed by atoms with Crippen LogP contribution < -0.4 is 10.3 Å². The second kappa shape index (κ2) is 8.22. The fourth-order valence-corrected chi connectivity index (χ4v) is 4.82. The van der Waals surface area contributed by atoms with E-state index in [-0.39, 0.29) is 11.5 Å². The number of nitrogens with one attached hydrogen (secondary N) is 2. The molecule has 0 unspecified atom stereocenters. The van der Waals surface area contributed by atoms with Crippen molar-refractivity contribution in [1.29, 1.82) is 0 Å². The van der Waals surface area contributed by atoms with E-state index in [9.17, 15) is 18.4 Å². The van der Waals surface area contributed by atoms with Crippen LogP contribution in [0.3, 0.4) is 0 Å². The van der Waals surface area contributed by atoms with Crippen molar-refractivity contribution < 1.29 is 23.4 Å². The highest BCUT2D eigenvalue weighted by Crippen LogP contribution is 2.36. The fraction of sp³-hybridized carbons (Fsp3) is 0.0800. The normalized spacial score (nSPS) is 12.7. The highest BCUT2D eigenvalue weighted by molar-refractivity contribution is 7.18. The lowest BCUT2D eigenvalue weighted by Gasteiger charge is -2.05. The summed E-state index contributed by atoms with van der Waals surface area (Å²) in [5.74, 6) is -2.28. The molecule has 2 N–H and O–H groups in total. The number of fused-ring (bicyclic) bond motifs is 1. The number of rotatable bonds is 4. The maximum Gasteiger partial charge on any atom is 0.258 e. The van der Waals surface area contributed by atoms with E-state index < -0.39 is 17.5 Å². The number of nitrogens with zero attached hydrogens (tertiary/aromatic N) is 1. The van der Waals surface area contributed by atoms with E-state index in [0.29, 0.717) is 18.3 Å². The van der Waals surface area contributed by atoms with Crippen molar-refractivity contribution >= 4 is 28.8 Å². The van der Waals surface area contributed by atoms with Crippen molar-refractivity contribution in [3.05, 3.63) is 95.3 Å². The van der Waals surface area contributed by atoms with E-state index in [1.54, 1.807) is 41.7 Å². The van der Waals surface area contributed by atoms with Gasteiger partial charge in [-0.25, -0.2) is 13.8 Å². The van der Waals surface area contributed by atoms with Crippen molar-refractivity contribution in [2.24, 2.45) is 0 Å². The van der Waals surface area contributed by atoms with Crippen LogP contribution in [0.25, 0.3) is 20.9 Å². The summed E-state index contributed by atoms with van der Waals surface area (Å²) in [5.41, 5.74) is 3.86. The van der Waals surface area contributed by atoms with Gasteiger partial charge in [0.15, 0.2) is 12.4 Å². The molecule has 8 heteroatoms. The number of carbonyl (C=O) groups excluding carboxylic acids is 2. The van der Waals surface area contributed by atoms with Gasteiger partial charge in [-0.2, -0.15) is 0 Å². The summed E-state index contributed by atoms with van der Waals surface area (Å²) in [6.45, 7) is 0.603. The van der Waals surface area contributed by atoms with Crippen LogP contribution in [0.5, 0.6) is 0 Å². The number of thiophene rings is 1. The number of anilines is 1. The third-order valence-electron chi connectivity index (χ3n) is 5.49. The maximum absolute atomic E-state index is 13.9. The molecule has 0 radical (unpaired) electrons. The number of H-pyrrole nitrogens is 1. The Bertz CT molecular complexity index is 1420. The first-order chi connectivity index (χ1) is 15.9. The van der Waals surface area contributed by atoms with Gasteiger partial charge in [0.05, 0.1) is 11.1 Å². The first-order valence-corrected chi connectivity index (χ1v) is 11.0. The molecular weight excluding hydrogens is 444 g/mol. The van der Waals surface area contributed by atoms with Gasteiger partial charge in [-0.15, -0.1) is 11.3 Å². The Kier molecular flexibility index (Phi) is 5.22. The highest BCUT2D eigenvalue weighted by Gasteiger charge is 2.24. The fourth-order valence-electron chi connectivity index (χ4n) is 3.83. The summed E-state index contributed by atoms with van der Waals surface area (Å²) in [7, 11) is 1.79. The molecule has 1 aliphatic heterocycles. The van der Waals surface area contributed by atoms with Gasteiger partial charge >= 0.3 is 0 Å². The molecule has 1 aliphatic rings. The predicted molar refractivity (Wildman–Crippen MR) is 122 cm³/mol. The minimum Gasteiger partial charge on any atom is -0.337 e. The molecule has 5 rings (SSSR count). The Morgan fingerprint density at radius 3 is 2.58 bits per heavy atom. The Morgan fingerprint density at radius 2 is 1.79 bits per heavy atom. The van der Waals surface area contributed by atoms with E-state index >= 15 is 0 Å². The molecule has 2 aromatic heterocycles. The van der Waals surface area contributed by atoms with Crippen LogP contribution >= 0.6 is 11.3 Å². The first-order valence-electron chi connectivity index (χ1n) is 10.2. The number of pyridine rings is 1. The third-order valence-corrected chi connectivity index (χ3v) is 6.67. The minimum atomic E-state index is -0.919. The molecule has 4 aromatic rings. The first kappa shape index (κ1) is 21.0. The number of aromatic amines is 1. The third kappa shape index (κ3) is 4.01. The standard InChI is InChI=1S/C25H17F2N3O2S/c1-30-13-16-8-14(2-4-19(16)25(30)32)22-6-7-23(33-22)15-9-18(12-28-11-15)29-24(31)20-5-3-17(26)10-21(20)27/h2-12H,13H2,1H3,(H,29,31)/p+1. The molecule has 33 heavy (non-hydrogen) atoms. The summed E-state index contributed by atoms with van der Waals surface area (Å²) >= 11 is 1.58. The van der Waals surface area contributed by atoms with Crippen LogP contribution in [-0.4, -0.2) is 23.8 Å². The largest absolute Gasteiger partial charge is 0.337 e. The summed E-state index contributed by atoms with van der Waals surface area (Å²) in [5, 5.41) is 2.64. The van der Waals surface area contributed by atoms with Gasteiger partial charge in [-0.3, -0.25) is 9.59 Å². The van der Waals surface area contributed by atoms with E-state index in [1.807, 2.05) is 30.3 Å². The molecule has 2 aromatic carbocycles. The average Bonchev–Trinajstić information content (AvgIpc) is 3.39. The van der Waals surface area contributed by atoms with Gasteiger partial charge in [-0.05, 0) is 53.6 Å². The van der Waals surface area contributed by atoms with Crippen LogP contribution in [0.15, 0.2) is 67.0 Å². The summed E-state index contributed by atoms with van der Waals surface area (Å²) in [4.78, 5) is 31.3. The molecule has 0 spiro atoms. The van der Waals surface area contributed by atoms with Crippen LogP contribution in [-0.2, 0) is 6.54 Å². The molecule has 0 fully saturated rings. The van der Waals surface area contributed by atoms with Crippen molar-refractivity contribution in [3.8, 4) is 20.9 Å². The monoisotopic (exact) mass is 462 g/mol. The molecule has 0 aliphatic carbocycles. The van der Waals surface area contributed by atoms with Crippen molar-refractivity contribution in [2.45, 2.75) is 6.54 Å². The molecule has 0 saturated heterocycles. The van der Waals surface area contributed by atoms with Gasteiger partial charge in [0, 0.05) is 35.0 Å². The summed E-state index contributed by atoms with van der Waals surface area (Å²) in [6.07, 6.45) is 3.39. The van der Waals surface area contributed by atoms with Crippen LogP contribution in [0, 0.1) is 11.6 Å². The number of aromatic nitrogens is 1. The number of amides is 2. The summed E-state index contributed by atoms with van der Waals surface area (Å²) < 4.78 is 27.0. The molecule has 3 heterocycles. The van der Waals surface area contributed by atoms with Crippen LogP contribution in [0.1, 0.15) is 26.3 Å². The SMILES string of the molecule is CN1Cc2cc(-c3ccc(-c4c[nH+]cc(NC(=O)c5ccc(F)cc5F)c4)s3)ccc2C1=O. The number of halogens is 2. The Balaban J connectivity index is 1.38. The molecule has 2 amide bonds. The Morgan fingerprint density at radius 1 is 1.00 bits per heavy atom. The zero-order valence-corrected chi connectivity index (χ0v) is 18.3. The molecule has 0 bridgehead atoms. The number of hydrogen-bond acceptors (Lipinski definition) is 3. The predicted octanol–water partition coefficient (Wildman–Crippen LogP) is 5.01. The van der Waals surface area contributed by atoms with Gasteiger partial charge in [0.1, 0.15) is 17.3 Å². The zero-order valence-electron chi connectivity index (χ0n) is 17.5. The van der Waals surface area contributed by atoms with Crippen molar-refractivity contribution in [3.63, 3.8) is 0 Å². The second-order valence-electron chi connectivity index (χ2n) is 7.79. The number of benzene rings is 2. The lowest BCUT2D eigenvalue weighted by Crippen LogP contribution is -2.17. The van der Waals surface area contributed by atoms with E-state index in [4.69, 9.17) is 0 Å². The van der Waals surface area contributed by atoms with E-state index in [0.717, 1.165) is 44.1 Å². The smallest absolute Gasteiger partial charge is 0.258 e. The highest BCUT2D eigenvalue weighted by atomic mass is 32.1. The lowest BCUT2D eigenvalue weighted by atomic mass is 10.1. The number of carbonyl (C=O) groups is 2. The van der Waals surface area contributed by atoms with Crippen molar-refractivity contribution in [2.75, 3.05) is 12.4 Å². The molecular formula is C25H18F2N3O2S+. The topological polar surface area (TPSA) is 63.6 Å². The maximum atomic E-state index is 13.9. The minimum absolute atomic E-state index is 0.0401.